The second kappa shape index (κ2) is 8.83. The zero-order chi connectivity index (χ0) is 23.9. The van der Waals surface area contributed by atoms with Crippen molar-refractivity contribution in [3.63, 3.8) is 0 Å². The molecule has 1 unspecified atom stereocenters. The summed E-state index contributed by atoms with van der Waals surface area (Å²) in [6.07, 6.45) is 3.34. The minimum atomic E-state index is -0.808. The molecule has 0 saturated heterocycles. The Bertz CT molecular complexity index is 1300. The van der Waals surface area contributed by atoms with E-state index in [0.29, 0.717) is 46.6 Å². The number of aromatic nitrogens is 2. The van der Waals surface area contributed by atoms with Gasteiger partial charge in [-0.25, -0.2) is 0 Å². The molecule has 7 nitrogen and oxygen atoms in total. The Hall–Kier alpha value is -3.45. The third-order valence-corrected chi connectivity index (χ3v) is 6.34. The van der Waals surface area contributed by atoms with Crippen LogP contribution in [0.25, 0.3) is 16.5 Å². The number of fused-ring (bicyclic) bond motifs is 1. The molecule has 1 heterocycles. The Kier molecular flexibility index (Phi) is 6.08. The van der Waals surface area contributed by atoms with E-state index in [4.69, 9.17) is 11.6 Å². The Labute approximate surface area is 196 Å². The normalized spacial score (nSPS) is 15.9. The van der Waals surface area contributed by atoms with Crippen molar-refractivity contribution in [2.24, 2.45) is 5.92 Å². The highest BCUT2D eigenvalue weighted by molar-refractivity contribution is 6.34. The van der Waals surface area contributed by atoms with Crippen LogP contribution in [0.1, 0.15) is 51.2 Å². The van der Waals surface area contributed by atoms with E-state index in [1.807, 2.05) is 19.1 Å². The quantitative estimate of drug-likeness (QED) is 0.605. The lowest BCUT2D eigenvalue weighted by atomic mass is 9.87. The average molecular weight is 466 g/mol. The molecule has 3 aromatic rings. The number of rotatable bonds is 4. The van der Waals surface area contributed by atoms with Crippen molar-refractivity contribution in [3.8, 4) is 0 Å². The smallest absolute Gasteiger partial charge is 0.306 e. The molecule has 0 radical (unpaired) electrons. The van der Waals surface area contributed by atoms with Crippen LogP contribution < -0.4 is 0 Å². The number of allylic oxidation sites excluding steroid dienone is 2. The molecule has 1 amide bonds. The van der Waals surface area contributed by atoms with Crippen LogP contribution in [0.4, 0.5) is 0 Å². The molecule has 170 valence electrons. The monoisotopic (exact) mass is 465 g/mol. The number of carbonyl (C=O) groups is 3. The maximum absolute atomic E-state index is 13.6. The van der Waals surface area contributed by atoms with Gasteiger partial charge in [-0.15, -0.1) is 0 Å². The topological polar surface area (TPSA) is 92.5 Å². The van der Waals surface area contributed by atoms with Crippen molar-refractivity contribution >= 4 is 45.9 Å². The summed E-state index contributed by atoms with van der Waals surface area (Å²) in [5.74, 6) is -1.80. The fourth-order valence-corrected chi connectivity index (χ4v) is 4.48. The lowest BCUT2D eigenvalue weighted by Crippen LogP contribution is -2.21. The fraction of sp³-hybridized carbons (Fsp3) is 0.280. The van der Waals surface area contributed by atoms with Gasteiger partial charge in [-0.1, -0.05) is 29.8 Å². The third kappa shape index (κ3) is 4.16. The molecule has 0 saturated carbocycles. The van der Waals surface area contributed by atoms with Gasteiger partial charge in [-0.3, -0.25) is 14.4 Å². The summed E-state index contributed by atoms with van der Waals surface area (Å²) >= 11 is 6.36. The van der Waals surface area contributed by atoms with Gasteiger partial charge in [0.2, 0.25) is 0 Å². The maximum Gasteiger partial charge on any atom is 0.306 e. The van der Waals surface area contributed by atoms with E-state index in [1.165, 1.54) is 9.58 Å². The van der Waals surface area contributed by atoms with Crippen molar-refractivity contribution in [2.75, 3.05) is 14.1 Å². The van der Waals surface area contributed by atoms with Crippen LogP contribution in [0, 0.1) is 12.8 Å². The number of halogens is 1. The Morgan fingerprint density at radius 1 is 1.18 bits per heavy atom. The first-order chi connectivity index (χ1) is 15.7. The molecular weight excluding hydrogens is 442 g/mol. The van der Waals surface area contributed by atoms with Crippen molar-refractivity contribution in [1.29, 1.82) is 0 Å². The molecule has 33 heavy (non-hydrogen) atoms. The summed E-state index contributed by atoms with van der Waals surface area (Å²) in [6.45, 7) is 1.81. The Morgan fingerprint density at radius 2 is 1.94 bits per heavy atom. The number of aliphatic carboxylic acids is 1. The summed E-state index contributed by atoms with van der Waals surface area (Å²) in [5.41, 5.74) is 3.53. The van der Waals surface area contributed by atoms with E-state index in [0.717, 1.165) is 16.5 Å². The number of carboxylic acids is 1. The number of nitrogens with zero attached hydrogens (tertiary/aromatic N) is 3. The van der Waals surface area contributed by atoms with Gasteiger partial charge in [0, 0.05) is 25.0 Å². The van der Waals surface area contributed by atoms with Crippen LogP contribution in [0.3, 0.4) is 0 Å². The molecule has 0 fully saturated rings. The molecule has 0 aliphatic heterocycles. The zero-order valence-electron chi connectivity index (χ0n) is 18.6. The summed E-state index contributed by atoms with van der Waals surface area (Å²) in [4.78, 5) is 39.0. The number of amides is 1. The van der Waals surface area contributed by atoms with Gasteiger partial charge >= 0.3 is 5.97 Å². The van der Waals surface area contributed by atoms with Crippen LogP contribution in [0.5, 0.6) is 0 Å². The molecule has 1 aliphatic rings. The second-order valence-electron chi connectivity index (χ2n) is 8.47. The molecule has 0 bridgehead atoms. The van der Waals surface area contributed by atoms with Gasteiger partial charge in [-0.2, -0.15) is 9.78 Å². The predicted molar refractivity (Wildman–Crippen MR) is 127 cm³/mol. The molecule has 1 atom stereocenters. The maximum atomic E-state index is 13.6. The molecule has 1 aliphatic carbocycles. The van der Waals surface area contributed by atoms with Crippen LogP contribution in [0.15, 0.2) is 42.5 Å². The van der Waals surface area contributed by atoms with E-state index in [1.54, 1.807) is 44.4 Å². The summed E-state index contributed by atoms with van der Waals surface area (Å²) in [6, 6.07) is 10.4. The van der Waals surface area contributed by atoms with Crippen molar-refractivity contribution in [3.05, 3.63) is 69.9 Å². The highest BCUT2D eigenvalue weighted by atomic mass is 35.5. The van der Waals surface area contributed by atoms with Crippen LogP contribution in [-0.4, -0.2) is 51.7 Å². The van der Waals surface area contributed by atoms with E-state index in [2.05, 4.69) is 5.10 Å². The molecular formula is C25H24ClN3O4. The predicted octanol–water partition coefficient (Wildman–Crippen LogP) is 4.66. The van der Waals surface area contributed by atoms with Crippen molar-refractivity contribution < 1.29 is 19.5 Å². The lowest BCUT2D eigenvalue weighted by molar-refractivity contribution is -0.141. The van der Waals surface area contributed by atoms with Crippen molar-refractivity contribution in [2.45, 2.75) is 26.2 Å². The molecule has 8 heteroatoms. The van der Waals surface area contributed by atoms with E-state index in [9.17, 15) is 19.5 Å². The molecule has 1 aromatic heterocycles. The number of hydrogen-bond acceptors (Lipinski definition) is 4. The summed E-state index contributed by atoms with van der Waals surface area (Å²) in [7, 11) is 3.33. The van der Waals surface area contributed by atoms with Gasteiger partial charge in [0.25, 0.3) is 11.8 Å². The van der Waals surface area contributed by atoms with Gasteiger partial charge in [-0.05, 0) is 61.6 Å². The number of carbonyl (C=O) groups excluding carboxylic acids is 2. The number of hydrogen-bond donors (Lipinski definition) is 1. The SMILES string of the molecule is Cc1cccc(Cl)c1C(=O)n1nc(C2=CCC(C(=O)O)CC2)c2ccc(C(=O)N(C)C)cc21. The first kappa shape index (κ1) is 22.7. The first-order valence-electron chi connectivity index (χ1n) is 10.7. The average Bonchev–Trinajstić information content (AvgIpc) is 3.17. The third-order valence-electron chi connectivity index (χ3n) is 6.03. The zero-order valence-corrected chi connectivity index (χ0v) is 19.4. The molecule has 4 rings (SSSR count). The lowest BCUT2D eigenvalue weighted by Gasteiger charge is -2.17. The fourth-order valence-electron chi connectivity index (χ4n) is 4.18. The van der Waals surface area contributed by atoms with Gasteiger partial charge in [0.15, 0.2) is 0 Å². The standard InChI is InChI=1S/C25H24ClN3O4/c1-14-5-4-6-19(26)21(14)24(31)29-20-13-17(23(30)28(2)3)11-12-18(20)22(27-29)15-7-9-16(10-8-15)25(32)33/h4-7,11-13,16H,8-10H2,1-3H3,(H,32,33). The number of aryl methyl sites for hydroxylation is 1. The molecule has 0 spiro atoms. The van der Waals surface area contributed by atoms with E-state index >= 15 is 0 Å². The molecule has 2 aromatic carbocycles. The highest BCUT2D eigenvalue weighted by Gasteiger charge is 2.26. The minimum Gasteiger partial charge on any atom is -0.481 e. The van der Waals surface area contributed by atoms with Gasteiger partial charge < -0.3 is 10.0 Å². The highest BCUT2D eigenvalue weighted by Crippen LogP contribution is 2.35. The summed E-state index contributed by atoms with van der Waals surface area (Å²) < 4.78 is 1.30. The van der Waals surface area contributed by atoms with Crippen molar-refractivity contribution in [1.82, 2.24) is 14.7 Å². The largest absolute Gasteiger partial charge is 0.481 e. The van der Waals surface area contributed by atoms with Gasteiger partial charge in [0.1, 0.15) is 0 Å². The van der Waals surface area contributed by atoms with Crippen LogP contribution in [0.2, 0.25) is 5.02 Å². The second-order valence-corrected chi connectivity index (χ2v) is 8.87. The Balaban J connectivity index is 1.90. The minimum absolute atomic E-state index is 0.186. The van der Waals surface area contributed by atoms with Gasteiger partial charge in [0.05, 0.1) is 27.7 Å². The number of carboxylic acid groups (broad SMARTS) is 1. The van der Waals surface area contributed by atoms with Crippen LogP contribution >= 0.6 is 11.6 Å². The Morgan fingerprint density at radius 3 is 2.55 bits per heavy atom. The summed E-state index contributed by atoms with van der Waals surface area (Å²) in [5, 5.41) is 15.0. The van der Waals surface area contributed by atoms with Crippen LogP contribution in [-0.2, 0) is 4.79 Å². The molecule has 1 N–H and O–H groups in total. The van der Waals surface area contributed by atoms with E-state index in [-0.39, 0.29) is 11.8 Å². The number of benzene rings is 2. The first-order valence-corrected chi connectivity index (χ1v) is 11.0. The van der Waals surface area contributed by atoms with E-state index < -0.39 is 11.9 Å².